The third-order valence-corrected chi connectivity index (χ3v) is 3.42. The van der Waals surface area contributed by atoms with Crippen LogP contribution in [0.15, 0.2) is 47.1 Å². The van der Waals surface area contributed by atoms with E-state index in [0.717, 1.165) is 15.7 Å². The van der Waals surface area contributed by atoms with Crippen LogP contribution in [-0.4, -0.2) is 29.9 Å². The molecule has 20 heavy (non-hydrogen) atoms. The molecule has 0 radical (unpaired) electrons. The zero-order valence-electron chi connectivity index (χ0n) is 11.4. The third-order valence-electron chi connectivity index (χ3n) is 2.92. The molecule has 0 aliphatic rings. The summed E-state index contributed by atoms with van der Waals surface area (Å²) in [5.74, 6) is -0.0953. The fraction of sp³-hybridized carbons (Fsp3) is 0.200. The Morgan fingerprint density at radius 3 is 2.85 bits per heavy atom. The fourth-order valence-electron chi connectivity index (χ4n) is 1.88. The molecule has 1 amide bonds. The Kier molecular flexibility index (Phi) is 4.74. The van der Waals surface area contributed by atoms with Gasteiger partial charge in [-0.3, -0.25) is 9.78 Å². The van der Waals surface area contributed by atoms with Gasteiger partial charge in [-0.05, 0) is 29.8 Å². The average Bonchev–Trinajstić information content (AvgIpc) is 2.46. The molecule has 2 aromatic rings. The molecule has 0 saturated heterocycles. The zero-order valence-corrected chi connectivity index (χ0v) is 13.0. The molecular weight excluding hydrogens is 318 g/mol. The van der Waals surface area contributed by atoms with E-state index < -0.39 is 0 Å². The molecule has 5 heteroatoms. The molecule has 0 spiro atoms. The predicted octanol–water partition coefficient (Wildman–Crippen LogP) is 3.16. The van der Waals surface area contributed by atoms with Crippen molar-refractivity contribution >= 4 is 27.5 Å². The monoisotopic (exact) mass is 333 g/mol. The quantitative estimate of drug-likeness (QED) is 0.934. The summed E-state index contributed by atoms with van der Waals surface area (Å²) in [5.41, 5.74) is 2.38. The van der Waals surface area contributed by atoms with Gasteiger partial charge >= 0.3 is 0 Å². The zero-order chi connectivity index (χ0) is 14.5. The number of nitrogens with zero attached hydrogens (tertiary/aromatic N) is 2. The summed E-state index contributed by atoms with van der Waals surface area (Å²) >= 11 is 3.43. The van der Waals surface area contributed by atoms with E-state index in [-0.39, 0.29) is 5.91 Å². The van der Waals surface area contributed by atoms with Crippen molar-refractivity contribution in [3.05, 3.63) is 58.3 Å². The van der Waals surface area contributed by atoms with Gasteiger partial charge in [0.25, 0.3) is 5.91 Å². The van der Waals surface area contributed by atoms with Crippen LogP contribution in [-0.2, 0) is 6.54 Å². The highest BCUT2D eigenvalue weighted by molar-refractivity contribution is 9.10. The molecule has 1 heterocycles. The number of carbonyl (C=O) groups is 1. The number of hydrogen-bond donors (Lipinski definition) is 1. The molecule has 104 valence electrons. The minimum atomic E-state index is -0.0953. The van der Waals surface area contributed by atoms with Crippen LogP contribution in [0.4, 0.5) is 5.69 Å². The van der Waals surface area contributed by atoms with Crippen LogP contribution < -0.4 is 5.32 Å². The van der Waals surface area contributed by atoms with Crippen molar-refractivity contribution in [3.8, 4) is 0 Å². The lowest BCUT2D eigenvalue weighted by atomic mass is 10.2. The number of halogens is 1. The van der Waals surface area contributed by atoms with Crippen molar-refractivity contribution in [1.29, 1.82) is 0 Å². The van der Waals surface area contributed by atoms with E-state index in [1.807, 2.05) is 37.4 Å². The molecule has 1 aromatic carbocycles. The fourth-order valence-corrected chi connectivity index (χ4v) is 2.33. The number of hydrogen-bond acceptors (Lipinski definition) is 3. The van der Waals surface area contributed by atoms with E-state index in [1.165, 1.54) is 0 Å². The van der Waals surface area contributed by atoms with Gasteiger partial charge in [0, 0.05) is 37.0 Å². The molecule has 0 unspecified atom stereocenters. The van der Waals surface area contributed by atoms with Crippen molar-refractivity contribution in [2.24, 2.45) is 0 Å². The number of aromatic nitrogens is 1. The molecule has 1 aromatic heterocycles. The topological polar surface area (TPSA) is 45.2 Å². The van der Waals surface area contributed by atoms with E-state index >= 15 is 0 Å². The molecule has 2 rings (SSSR count). The van der Waals surface area contributed by atoms with E-state index in [1.54, 1.807) is 24.2 Å². The van der Waals surface area contributed by atoms with Gasteiger partial charge in [-0.25, -0.2) is 0 Å². The van der Waals surface area contributed by atoms with Crippen LogP contribution in [0.1, 0.15) is 16.1 Å². The van der Waals surface area contributed by atoms with Crippen LogP contribution in [0.25, 0.3) is 0 Å². The van der Waals surface area contributed by atoms with Crippen LogP contribution in [0.5, 0.6) is 0 Å². The number of benzene rings is 1. The van der Waals surface area contributed by atoms with E-state index in [0.29, 0.717) is 12.2 Å². The average molecular weight is 334 g/mol. The SMILES string of the molecule is CNc1ccnc(C(=O)N(C)Cc2cccc(Br)c2)c1. The van der Waals surface area contributed by atoms with Crippen LogP contribution in [0, 0.1) is 0 Å². The van der Waals surface area contributed by atoms with Crippen molar-refractivity contribution in [3.63, 3.8) is 0 Å². The maximum Gasteiger partial charge on any atom is 0.272 e. The van der Waals surface area contributed by atoms with E-state index in [9.17, 15) is 4.79 Å². The molecule has 4 nitrogen and oxygen atoms in total. The van der Waals surface area contributed by atoms with Crippen molar-refractivity contribution in [1.82, 2.24) is 9.88 Å². The molecule has 0 bridgehead atoms. The number of amides is 1. The lowest BCUT2D eigenvalue weighted by Gasteiger charge is -2.17. The lowest BCUT2D eigenvalue weighted by Crippen LogP contribution is -2.27. The highest BCUT2D eigenvalue weighted by Crippen LogP contribution is 2.14. The Balaban J connectivity index is 2.12. The molecule has 1 N–H and O–H groups in total. The van der Waals surface area contributed by atoms with Gasteiger partial charge in [0.1, 0.15) is 5.69 Å². The molecule has 0 atom stereocenters. The summed E-state index contributed by atoms with van der Waals surface area (Å²) in [4.78, 5) is 18.1. The highest BCUT2D eigenvalue weighted by Gasteiger charge is 2.13. The predicted molar refractivity (Wildman–Crippen MR) is 83.7 cm³/mol. The number of pyridine rings is 1. The van der Waals surface area contributed by atoms with Crippen molar-refractivity contribution in [2.75, 3.05) is 19.4 Å². The smallest absolute Gasteiger partial charge is 0.272 e. The van der Waals surface area contributed by atoms with Gasteiger partial charge in [0.2, 0.25) is 0 Å². The summed E-state index contributed by atoms with van der Waals surface area (Å²) in [7, 11) is 3.59. The van der Waals surface area contributed by atoms with Crippen LogP contribution in [0.2, 0.25) is 0 Å². The first-order valence-electron chi connectivity index (χ1n) is 6.24. The normalized spacial score (nSPS) is 10.2. The minimum absolute atomic E-state index is 0.0953. The summed E-state index contributed by atoms with van der Waals surface area (Å²) in [6, 6.07) is 11.5. The van der Waals surface area contributed by atoms with Crippen LogP contribution in [0.3, 0.4) is 0 Å². The Labute approximate surface area is 127 Å². The summed E-state index contributed by atoms with van der Waals surface area (Å²) in [6.45, 7) is 0.545. The minimum Gasteiger partial charge on any atom is -0.388 e. The van der Waals surface area contributed by atoms with Crippen molar-refractivity contribution in [2.45, 2.75) is 6.54 Å². The van der Waals surface area contributed by atoms with Crippen LogP contribution >= 0.6 is 15.9 Å². The second kappa shape index (κ2) is 6.52. The Morgan fingerprint density at radius 2 is 2.15 bits per heavy atom. The maximum atomic E-state index is 12.3. The highest BCUT2D eigenvalue weighted by atomic mass is 79.9. The molecular formula is C15H16BrN3O. The van der Waals surface area contributed by atoms with Gasteiger partial charge in [0.05, 0.1) is 0 Å². The number of anilines is 1. The van der Waals surface area contributed by atoms with Crippen molar-refractivity contribution < 1.29 is 4.79 Å². The number of carbonyl (C=O) groups excluding carboxylic acids is 1. The second-order valence-corrected chi connectivity index (χ2v) is 5.39. The van der Waals surface area contributed by atoms with Gasteiger partial charge in [-0.2, -0.15) is 0 Å². The van der Waals surface area contributed by atoms with Gasteiger partial charge < -0.3 is 10.2 Å². The molecule has 0 aliphatic carbocycles. The van der Waals surface area contributed by atoms with Gasteiger partial charge in [-0.15, -0.1) is 0 Å². The Bertz CT molecular complexity index is 616. The molecule has 0 saturated carbocycles. The van der Waals surface area contributed by atoms with E-state index in [4.69, 9.17) is 0 Å². The summed E-state index contributed by atoms with van der Waals surface area (Å²) in [6.07, 6.45) is 1.63. The summed E-state index contributed by atoms with van der Waals surface area (Å²) in [5, 5.41) is 3.00. The molecule has 0 aliphatic heterocycles. The lowest BCUT2D eigenvalue weighted by molar-refractivity contribution is 0.0779. The first-order chi connectivity index (χ1) is 9.60. The van der Waals surface area contributed by atoms with Gasteiger partial charge in [-0.1, -0.05) is 28.1 Å². The maximum absolute atomic E-state index is 12.3. The van der Waals surface area contributed by atoms with Gasteiger partial charge in [0.15, 0.2) is 0 Å². The second-order valence-electron chi connectivity index (χ2n) is 4.47. The molecule has 0 fully saturated rings. The largest absolute Gasteiger partial charge is 0.388 e. The standard InChI is InChI=1S/C15H16BrN3O/c1-17-13-6-7-18-14(9-13)15(20)19(2)10-11-4-3-5-12(16)8-11/h3-9H,10H2,1-2H3,(H,17,18). The Morgan fingerprint density at radius 1 is 1.35 bits per heavy atom. The Hall–Kier alpha value is -1.88. The first-order valence-corrected chi connectivity index (χ1v) is 7.03. The third kappa shape index (κ3) is 3.57. The van der Waals surface area contributed by atoms with E-state index in [2.05, 4.69) is 26.2 Å². The number of rotatable bonds is 4. The first kappa shape index (κ1) is 14.5. The number of nitrogens with one attached hydrogen (secondary N) is 1. The summed E-state index contributed by atoms with van der Waals surface area (Å²) < 4.78 is 1.01.